The number of primary amides is 1. The molecule has 1 rings (SSSR count). The molecule has 0 saturated heterocycles. The first-order chi connectivity index (χ1) is 7.30. The molecule has 0 aromatic heterocycles. The van der Waals surface area contributed by atoms with E-state index in [2.05, 4.69) is 5.32 Å². The van der Waals surface area contributed by atoms with Gasteiger partial charge >= 0.3 is 6.18 Å². The highest BCUT2D eigenvalue weighted by molar-refractivity contribution is 5.82. The Morgan fingerprint density at radius 3 is 2.56 bits per heavy atom. The lowest BCUT2D eigenvalue weighted by Gasteiger charge is -2.13. The van der Waals surface area contributed by atoms with Crippen LogP contribution in [0.5, 0.6) is 0 Å². The number of amides is 1. The maximum Gasteiger partial charge on any atom is 0.416 e. The SMILES string of the molecule is C[C@H](Nc1cccc(C(F)(F)F)c1)C(N)=O. The van der Waals surface area contributed by atoms with E-state index in [9.17, 15) is 18.0 Å². The van der Waals surface area contributed by atoms with Crippen molar-refractivity contribution in [2.24, 2.45) is 5.73 Å². The minimum absolute atomic E-state index is 0.209. The summed E-state index contributed by atoms with van der Waals surface area (Å²) in [5.74, 6) is -0.627. The van der Waals surface area contributed by atoms with E-state index in [1.54, 1.807) is 0 Å². The second kappa shape index (κ2) is 4.42. The number of alkyl halides is 3. The minimum atomic E-state index is -4.40. The monoisotopic (exact) mass is 232 g/mol. The van der Waals surface area contributed by atoms with Crippen molar-refractivity contribution in [1.82, 2.24) is 0 Å². The van der Waals surface area contributed by atoms with Crippen LogP contribution in [0.15, 0.2) is 24.3 Å². The van der Waals surface area contributed by atoms with E-state index in [0.29, 0.717) is 0 Å². The van der Waals surface area contributed by atoms with Crippen molar-refractivity contribution in [2.45, 2.75) is 19.1 Å². The van der Waals surface area contributed by atoms with E-state index in [-0.39, 0.29) is 5.69 Å². The Hall–Kier alpha value is -1.72. The molecule has 16 heavy (non-hydrogen) atoms. The lowest BCUT2D eigenvalue weighted by molar-refractivity contribution is -0.137. The molecule has 0 heterocycles. The van der Waals surface area contributed by atoms with Crippen LogP contribution < -0.4 is 11.1 Å². The predicted molar refractivity (Wildman–Crippen MR) is 53.7 cm³/mol. The molecule has 0 aliphatic heterocycles. The molecule has 0 saturated carbocycles. The summed E-state index contributed by atoms with van der Waals surface area (Å²) in [7, 11) is 0. The second-order valence-electron chi connectivity index (χ2n) is 3.35. The Bertz CT molecular complexity index is 390. The standard InChI is InChI=1S/C10H11F3N2O/c1-6(9(14)16)15-8-4-2-3-7(5-8)10(11,12)13/h2-6,15H,1H3,(H2,14,16)/t6-/m0/s1. The first kappa shape index (κ1) is 12.4. The van der Waals surface area contributed by atoms with Gasteiger partial charge in [-0.2, -0.15) is 13.2 Å². The van der Waals surface area contributed by atoms with Crippen molar-refractivity contribution in [1.29, 1.82) is 0 Å². The number of nitrogens with one attached hydrogen (secondary N) is 1. The summed E-state index contributed by atoms with van der Waals surface area (Å²) in [6, 6.07) is 3.87. The highest BCUT2D eigenvalue weighted by atomic mass is 19.4. The van der Waals surface area contributed by atoms with E-state index in [1.807, 2.05) is 0 Å². The molecule has 0 bridgehead atoms. The molecule has 1 atom stereocenters. The van der Waals surface area contributed by atoms with Gasteiger partial charge in [-0.1, -0.05) is 6.07 Å². The van der Waals surface area contributed by atoms with Gasteiger partial charge in [0.1, 0.15) is 6.04 Å². The third-order valence-corrected chi connectivity index (χ3v) is 2.00. The molecule has 0 spiro atoms. The van der Waals surface area contributed by atoms with E-state index >= 15 is 0 Å². The Morgan fingerprint density at radius 2 is 2.06 bits per heavy atom. The molecule has 0 aliphatic rings. The van der Waals surface area contributed by atoms with Crippen LogP contribution in [-0.2, 0) is 11.0 Å². The number of carbonyl (C=O) groups is 1. The van der Waals surface area contributed by atoms with Crippen molar-refractivity contribution in [2.75, 3.05) is 5.32 Å². The average Bonchev–Trinajstić information content (AvgIpc) is 2.16. The molecule has 1 amide bonds. The number of anilines is 1. The van der Waals surface area contributed by atoms with Crippen LogP contribution in [0.1, 0.15) is 12.5 Å². The fourth-order valence-electron chi connectivity index (χ4n) is 1.11. The van der Waals surface area contributed by atoms with Gasteiger partial charge in [0.2, 0.25) is 5.91 Å². The molecule has 3 N–H and O–H groups in total. The van der Waals surface area contributed by atoms with Crippen LogP contribution >= 0.6 is 0 Å². The summed E-state index contributed by atoms with van der Waals surface area (Å²) in [6.07, 6.45) is -4.40. The normalized spacial score (nSPS) is 13.2. The summed E-state index contributed by atoms with van der Waals surface area (Å²) >= 11 is 0. The van der Waals surface area contributed by atoms with Crippen LogP contribution in [0.25, 0.3) is 0 Å². The van der Waals surface area contributed by atoms with Crippen molar-refractivity contribution in [3.63, 3.8) is 0 Å². The van der Waals surface area contributed by atoms with Crippen LogP contribution in [0.3, 0.4) is 0 Å². The van der Waals surface area contributed by atoms with Crippen LogP contribution in [0.4, 0.5) is 18.9 Å². The third-order valence-electron chi connectivity index (χ3n) is 2.00. The molecule has 0 unspecified atom stereocenters. The van der Waals surface area contributed by atoms with Crippen LogP contribution in [0.2, 0.25) is 0 Å². The maximum atomic E-state index is 12.3. The summed E-state index contributed by atoms with van der Waals surface area (Å²) in [5.41, 5.74) is 4.42. The van der Waals surface area contributed by atoms with E-state index in [1.165, 1.54) is 19.1 Å². The smallest absolute Gasteiger partial charge is 0.374 e. The predicted octanol–water partition coefficient (Wildman–Crippen LogP) is 1.99. The number of hydrogen-bond donors (Lipinski definition) is 2. The third kappa shape index (κ3) is 3.15. The second-order valence-corrected chi connectivity index (χ2v) is 3.35. The van der Waals surface area contributed by atoms with Crippen LogP contribution in [-0.4, -0.2) is 11.9 Å². The maximum absolute atomic E-state index is 12.3. The van der Waals surface area contributed by atoms with Crippen LogP contribution in [0, 0.1) is 0 Å². The Labute approximate surface area is 90.4 Å². The van der Waals surface area contributed by atoms with Gasteiger partial charge in [0.25, 0.3) is 0 Å². The van der Waals surface area contributed by atoms with Gasteiger partial charge in [0.15, 0.2) is 0 Å². The highest BCUT2D eigenvalue weighted by Gasteiger charge is 2.30. The Morgan fingerprint density at radius 1 is 1.44 bits per heavy atom. The zero-order chi connectivity index (χ0) is 12.3. The molecule has 0 radical (unpaired) electrons. The molecule has 3 nitrogen and oxygen atoms in total. The lowest BCUT2D eigenvalue weighted by Crippen LogP contribution is -2.32. The minimum Gasteiger partial charge on any atom is -0.374 e. The molecule has 88 valence electrons. The first-order valence-electron chi connectivity index (χ1n) is 4.54. The zero-order valence-corrected chi connectivity index (χ0v) is 8.51. The molecule has 6 heteroatoms. The fraction of sp³-hybridized carbons (Fsp3) is 0.300. The average molecular weight is 232 g/mol. The number of benzene rings is 1. The van der Waals surface area contributed by atoms with E-state index in [4.69, 9.17) is 5.73 Å². The Kier molecular flexibility index (Phi) is 3.41. The number of halogens is 3. The number of rotatable bonds is 3. The Balaban J connectivity index is 2.87. The number of nitrogens with two attached hydrogens (primary N) is 1. The van der Waals surface area contributed by atoms with Gasteiger partial charge in [-0.05, 0) is 25.1 Å². The zero-order valence-electron chi connectivity index (χ0n) is 8.51. The van der Waals surface area contributed by atoms with Gasteiger partial charge in [-0.15, -0.1) is 0 Å². The summed E-state index contributed by atoms with van der Waals surface area (Å²) in [4.78, 5) is 10.7. The van der Waals surface area contributed by atoms with Crippen molar-refractivity contribution < 1.29 is 18.0 Å². The molecular weight excluding hydrogens is 221 g/mol. The van der Waals surface area contributed by atoms with Gasteiger partial charge in [0.05, 0.1) is 5.56 Å². The summed E-state index contributed by atoms with van der Waals surface area (Å²) < 4.78 is 37.0. The van der Waals surface area contributed by atoms with Gasteiger partial charge < -0.3 is 11.1 Å². The number of hydrogen-bond acceptors (Lipinski definition) is 2. The van der Waals surface area contributed by atoms with Gasteiger partial charge in [0, 0.05) is 5.69 Å². The van der Waals surface area contributed by atoms with E-state index in [0.717, 1.165) is 12.1 Å². The summed E-state index contributed by atoms with van der Waals surface area (Å²) in [5, 5.41) is 2.58. The van der Waals surface area contributed by atoms with E-state index < -0.39 is 23.7 Å². The first-order valence-corrected chi connectivity index (χ1v) is 4.54. The quantitative estimate of drug-likeness (QED) is 0.837. The molecule has 0 aliphatic carbocycles. The molecule has 1 aromatic rings. The fourth-order valence-corrected chi connectivity index (χ4v) is 1.11. The molecular formula is C10H11F3N2O. The largest absolute Gasteiger partial charge is 0.416 e. The summed E-state index contributed by atoms with van der Waals surface area (Å²) in [6.45, 7) is 1.47. The topological polar surface area (TPSA) is 55.1 Å². The van der Waals surface area contributed by atoms with Gasteiger partial charge in [-0.3, -0.25) is 4.79 Å². The molecule has 0 fully saturated rings. The number of carbonyl (C=O) groups excluding carboxylic acids is 1. The van der Waals surface area contributed by atoms with Gasteiger partial charge in [-0.25, -0.2) is 0 Å². The van der Waals surface area contributed by atoms with Crippen molar-refractivity contribution in [3.05, 3.63) is 29.8 Å². The van der Waals surface area contributed by atoms with Crippen molar-refractivity contribution in [3.8, 4) is 0 Å². The van der Waals surface area contributed by atoms with Crippen molar-refractivity contribution >= 4 is 11.6 Å². The lowest BCUT2D eigenvalue weighted by atomic mass is 10.2. The highest BCUT2D eigenvalue weighted by Crippen LogP contribution is 2.30. The molecule has 1 aromatic carbocycles.